The number of methoxy groups -OCH3 is 1. The molecule has 124 valence electrons. The Morgan fingerprint density at radius 3 is 2.05 bits per heavy atom. The van der Waals surface area contributed by atoms with E-state index in [9.17, 15) is 9.59 Å². The van der Waals surface area contributed by atoms with Gasteiger partial charge in [-0.25, -0.2) is 0 Å². The molecular formula is C13H26N2O6. The monoisotopic (exact) mass is 306 g/mol. The van der Waals surface area contributed by atoms with E-state index in [0.717, 1.165) is 0 Å². The average molecular weight is 306 g/mol. The Morgan fingerprint density at radius 1 is 0.905 bits per heavy atom. The summed E-state index contributed by atoms with van der Waals surface area (Å²) in [7, 11) is 1.29. The third-order valence-electron chi connectivity index (χ3n) is 2.36. The van der Waals surface area contributed by atoms with E-state index in [1.165, 1.54) is 7.11 Å². The van der Waals surface area contributed by atoms with Crippen LogP contribution in [0.5, 0.6) is 0 Å². The topological polar surface area (TPSA) is 109 Å². The van der Waals surface area contributed by atoms with Crippen molar-refractivity contribution in [3.8, 4) is 0 Å². The summed E-state index contributed by atoms with van der Waals surface area (Å²) in [5.74, 6) is -0.591. The maximum atomic E-state index is 11.3. The Bertz CT molecular complexity index is 275. The maximum absolute atomic E-state index is 11.3. The molecule has 0 aliphatic carbocycles. The van der Waals surface area contributed by atoms with E-state index >= 15 is 0 Å². The van der Waals surface area contributed by atoms with Gasteiger partial charge in [0.05, 0.1) is 53.2 Å². The molecule has 8 nitrogen and oxygen atoms in total. The fourth-order valence-corrected chi connectivity index (χ4v) is 1.29. The minimum absolute atomic E-state index is 0.0866. The van der Waals surface area contributed by atoms with Gasteiger partial charge < -0.3 is 30.0 Å². The number of carbonyl (C=O) groups is 2. The lowest BCUT2D eigenvalue weighted by Gasteiger charge is -2.07. The lowest BCUT2D eigenvalue weighted by Crippen LogP contribution is -2.28. The second kappa shape index (κ2) is 15.2. The van der Waals surface area contributed by atoms with E-state index in [2.05, 4.69) is 10.1 Å². The Labute approximate surface area is 125 Å². The molecule has 3 N–H and O–H groups in total. The summed E-state index contributed by atoms with van der Waals surface area (Å²) in [6.07, 6.45) is 0.210. The first kappa shape index (κ1) is 19.8. The molecule has 0 atom stereocenters. The lowest BCUT2D eigenvalue weighted by molar-refractivity contribution is -0.142. The zero-order chi connectivity index (χ0) is 15.8. The van der Waals surface area contributed by atoms with Crippen molar-refractivity contribution >= 4 is 11.9 Å². The second-order valence-corrected chi connectivity index (χ2v) is 4.05. The lowest BCUT2D eigenvalue weighted by atomic mass is 10.3. The molecule has 0 aromatic carbocycles. The van der Waals surface area contributed by atoms with Crippen LogP contribution in [-0.2, 0) is 28.5 Å². The molecular weight excluding hydrogens is 280 g/mol. The highest BCUT2D eigenvalue weighted by atomic mass is 16.5. The van der Waals surface area contributed by atoms with Crippen LogP contribution in [0.1, 0.15) is 12.8 Å². The largest absolute Gasteiger partial charge is 0.469 e. The standard InChI is InChI=1S/C13H26N2O6/c1-18-13(17)3-2-12(16)15-5-7-20-9-11-21-10-8-19-6-4-14/h2-11,14H2,1H3,(H,15,16). The van der Waals surface area contributed by atoms with Gasteiger partial charge in [0.1, 0.15) is 0 Å². The van der Waals surface area contributed by atoms with Crippen LogP contribution in [0.15, 0.2) is 0 Å². The first-order chi connectivity index (χ1) is 10.2. The minimum atomic E-state index is -0.394. The quantitative estimate of drug-likeness (QED) is 0.315. The number of amides is 1. The molecule has 1 amide bonds. The third-order valence-corrected chi connectivity index (χ3v) is 2.36. The van der Waals surface area contributed by atoms with Crippen molar-refractivity contribution in [1.82, 2.24) is 5.32 Å². The van der Waals surface area contributed by atoms with Gasteiger partial charge in [-0.15, -0.1) is 0 Å². The molecule has 0 bridgehead atoms. The summed E-state index contributed by atoms with van der Waals surface area (Å²) in [6, 6.07) is 0. The summed E-state index contributed by atoms with van der Waals surface area (Å²) < 4.78 is 20.1. The highest BCUT2D eigenvalue weighted by Crippen LogP contribution is 1.91. The SMILES string of the molecule is COC(=O)CCC(=O)NCCOCCOCCOCCN. The molecule has 21 heavy (non-hydrogen) atoms. The summed E-state index contributed by atoms with van der Waals surface area (Å²) in [5, 5.41) is 2.64. The highest BCUT2D eigenvalue weighted by molar-refractivity contribution is 5.81. The van der Waals surface area contributed by atoms with Crippen LogP contribution in [0.25, 0.3) is 0 Å². The number of carbonyl (C=O) groups excluding carboxylic acids is 2. The van der Waals surface area contributed by atoms with Gasteiger partial charge in [0.25, 0.3) is 0 Å². The van der Waals surface area contributed by atoms with Crippen LogP contribution in [0, 0.1) is 0 Å². The van der Waals surface area contributed by atoms with E-state index in [0.29, 0.717) is 52.7 Å². The van der Waals surface area contributed by atoms with E-state index in [1.807, 2.05) is 0 Å². The van der Waals surface area contributed by atoms with E-state index in [-0.39, 0.29) is 18.7 Å². The van der Waals surface area contributed by atoms with Crippen LogP contribution in [0.4, 0.5) is 0 Å². The molecule has 0 aliphatic rings. The van der Waals surface area contributed by atoms with Gasteiger partial charge >= 0.3 is 5.97 Å². The summed E-state index contributed by atoms with van der Waals surface area (Å²) in [6.45, 7) is 3.80. The minimum Gasteiger partial charge on any atom is -0.469 e. The maximum Gasteiger partial charge on any atom is 0.306 e. The van der Waals surface area contributed by atoms with Crippen molar-refractivity contribution in [1.29, 1.82) is 0 Å². The molecule has 0 aromatic rings. The van der Waals surface area contributed by atoms with Gasteiger partial charge in [0, 0.05) is 19.5 Å². The first-order valence-electron chi connectivity index (χ1n) is 6.97. The van der Waals surface area contributed by atoms with E-state index < -0.39 is 5.97 Å². The zero-order valence-electron chi connectivity index (χ0n) is 12.6. The summed E-state index contributed by atoms with van der Waals surface area (Å²) >= 11 is 0. The molecule has 0 unspecified atom stereocenters. The molecule has 8 heteroatoms. The number of ether oxygens (including phenoxy) is 4. The van der Waals surface area contributed by atoms with Gasteiger partial charge in [-0.05, 0) is 0 Å². The van der Waals surface area contributed by atoms with E-state index in [4.69, 9.17) is 19.9 Å². The van der Waals surface area contributed by atoms with Gasteiger partial charge in [0.15, 0.2) is 0 Å². The Morgan fingerprint density at radius 2 is 1.48 bits per heavy atom. The Kier molecular flexibility index (Phi) is 14.3. The van der Waals surface area contributed by atoms with Gasteiger partial charge in [-0.3, -0.25) is 9.59 Å². The highest BCUT2D eigenvalue weighted by Gasteiger charge is 2.05. The number of rotatable bonds is 14. The van der Waals surface area contributed by atoms with Crippen molar-refractivity contribution in [2.75, 3.05) is 59.8 Å². The molecule has 0 saturated carbocycles. The van der Waals surface area contributed by atoms with Gasteiger partial charge in [0.2, 0.25) is 5.91 Å². The van der Waals surface area contributed by atoms with Crippen molar-refractivity contribution in [2.24, 2.45) is 5.73 Å². The summed E-state index contributed by atoms with van der Waals surface area (Å²) in [5.41, 5.74) is 5.26. The van der Waals surface area contributed by atoms with Crippen molar-refractivity contribution in [3.05, 3.63) is 0 Å². The molecule has 0 radical (unpaired) electrons. The second-order valence-electron chi connectivity index (χ2n) is 4.05. The zero-order valence-corrected chi connectivity index (χ0v) is 12.6. The summed E-state index contributed by atoms with van der Waals surface area (Å²) in [4.78, 5) is 22.1. The van der Waals surface area contributed by atoms with Gasteiger partial charge in [-0.1, -0.05) is 0 Å². The van der Waals surface area contributed by atoms with Crippen LogP contribution in [-0.4, -0.2) is 71.7 Å². The third kappa shape index (κ3) is 15.0. The number of esters is 1. The van der Waals surface area contributed by atoms with Crippen LogP contribution < -0.4 is 11.1 Å². The molecule has 0 aliphatic heterocycles. The Balaban J connectivity index is 3.18. The molecule has 0 saturated heterocycles. The predicted octanol–water partition coefficient (Wildman–Crippen LogP) is -0.936. The van der Waals surface area contributed by atoms with Gasteiger partial charge in [-0.2, -0.15) is 0 Å². The fourth-order valence-electron chi connectivity index (χ4n) is 1.29. The number of nitrogens with two attached hydrogens (primary N) is 1. The smallest absolute Gasteiger partial charge is 0.306 e. The van der Waals surface area contributed by atoms with Crippen molar-refractivity contribution in [3.63, 3.8) is 0 Å². The molecule has 0 aromatic heterocycles. The number of hydrogen-bond donors (Lipinski definition) is 2. The first-order valence-corrected chi connectivity index (χ1v) is 6.97. The number of hydrogen-bond acceptors (Lipinski definition) is 7. The molecule has 0 spiro atoms. The normalized spacial score (nSPS) is 10.4. The van der Waals surface area contributed by atoms with Crippen LogP contribution in [0.3, 0.4) is 0 Å². The molecule has 0 fully saturated rings. The van der Waals surface area contributed by atoms with Crippen LogP contribution >= 0.6 is 0 Å². The average Bonchev–Trinajstić information content (AvgIpc) is 2.50. The molecule has 0 rings (SSSR count). The number of nitrogens with one attached hydrogen (secondary N) is 1. The fraction of sp³-hybridized carbons (Fsp3) is 0.846. The van der Waals surface area contributed by atoms with Crippen molar-refractivity contribution < 1.29 is 28.5 Å². The van der Waals surface area contributed by atoms with E-state index in [1.54, 1.807) is 0 Å². The molecule has 0 heterocycles. The van der Waals surface area contributed by atoms with Crippen LogP contribution in [0.2, 0.25) is 0 Å². The Hall–Kier alpha value is -1.22. The predicted molar refractivity (Wildman–Crippen MR) is 75.8 cm³/mol. The van der Waals surface area contributed by atoms with Crippen molar-refractivity contribution in [2.45, 2.75) is 12.8 Å².